The van der Waals surface area contributed by atoms with Crippen LogP contribution in [-0.2, 0) is 0 Å². The number of carbonyl (C=O) groups is 1. The zero-order valence-corrected chi connectivity index (χ0v) is 11.4. The number of benzene rings is 2. The van der Waals surface area contributed by atoms with E-state index in [1.54, 1.807) is 24.3 Å². The number of carbonyl (C=O) groups excluding carboxylic acids is 1. The van der Waals surface area contributed by atoms with Gasteiger partial charge in [0.05, 0.1) is 0 Å². The normalized spacial score (nSPS) is 10.0. The second kappa shape index (κ2) is 5.86. The van der Waals surface area contributed by atoms with Crippen LogP contribution in [0, 0.1) is 0 Å². The first kappa shape index (κ1) is 13.6. The lowest BCUT2D eigenvalue weighted by Crippen LogP contribution is -2.26. The van der Waals surface area contributed by atoms with Gasteiger partial charge >= 0.3 is 6.03 Å². The average molecular weight is 295 g/mol. The topological polar surface area (TPSA) is 52.6 Å². The van der Waals surface area contributed by atoms with Crippen molar-refractivity contribution in [2.24, 2.45) is 0 Å². The number of hydrogen-bond acceptors (Lipinski definition) is 3. The molecule has 0 spiro atoms. The zero-order chi connectivity index (χ0) is 13.8. The summed E-state index contributed by atoms with van der Waals surface area (Å²) in [6.07, 6.45) is 0. The van der Waals surface area contributed by atoms with Crippen LogP contribution in [0.3, 0.4) is 0 Å². The summed E-state index contributed by atoms with van der Waals surface area (Å²) in [7, 11) is 0. The fourth-order valence-corrected chi connectivity index (χ4v) is 1.85. The van der Waals surface area contributed by atoms with Crippen LogP contribution in [0.1, 0.15) is 0 Å². The van der Waals surface area contributed by atoms with Crippen molar-refractivity contribution in [3.05, 3.63) is 53.6 Å². The van der Waals surface area contributed by atoms with Crippen LogP contribution in [-0.4, -0.2) is 11.1 Å². The summed E-state index contributed by atoms with van der Waals surface area (Å²) in [6, 6.07) is 12.8. The quantitative estimate of drug-likeness (QED) is 0.735. The smallest absolute Gasteiger partial charge is 0.336 e. The monoisotopic (exact) mass is 294 g/mol. The third-order valence-corrected chi connectivity index (χ3v) is 3.02. The fraction of sp³-hybridized carbons (Fsp3) is 0. The summed E-state index contributed by atoms with van der Waals surface area (Å²) in [6.45, 7) is 0. The van der Waals surface area contributed by atoms with Gasteiger partial charge in [-0.3, -0.25) is 0 Å². The number of rotatable bonds is 2. The van der Waals surface area contributed by atoms with Crippen molar-refractivity contribution >= 4 is 41.8 Å². The highest BCUT2D eigenvalue weighted by atomic mass is 35.5. The Morgan fingerprint density at radius 1 is 1.21 bits per heavy atom. The molecule has 0 atom stereocenters. The molecule has 0 bridgehead atoms. The highest BCUT2D eigenvalue weighted by Gasteiger charge is 2.16. The minimum absolute atomic E-state index is 0.0809. The minimum Gasteiger partial charge on any atom is -0.506 e. The molecule has 2 N–H and O–H groups in total. The predicted molar refractivity (Wildman–Crippen MR) is 80.0 cm³/mol. The van der Waals surface area contributed by atoms with Gasteiger partial charge in [-0.1, -0.05) is 42.6 Å². The molecule has 2 amide bonds. The first-order valence-corrected chi connectivity index (χ1v) is 6.19. The van der Waals surface area contributed by atoms with Gasteiger partial charge in [0.1, 0.15) is 11.4 Å². The molecular weight excluding hydrogens is 284 g/mol. The lowest BCUT2D eigenvalue weighted by Gasteiger charge is -2.17. The van der Waals surface area contributed by atoms with E-state index < -0.39 is 6.03 Å². The average Bonchev–Trinajstić information content (AvgIpc) is 2.42. The Morgan fingerprint density at radius 3 is 2.58 bits per heavy atom. The molecule has 0 aromatic heterocycles. The number of thiol groups is 1. The maximum atomic E-state index is 12.0. The van der Waals surface area contributed by atoms with Crippen LogP contribution < -0.4 is 9.62 Å². The molecule has 2 aromatic carbocycles. The molecule has 0 radical (unpaired) electrons. The van der Waals surface area contributed by atoms with Gasteiger partial charge < -0.3 is 10.4 Å². The van der Waals surface area contributed by atoms with Gasteiger partial charge in [0, 0.05) is 10.7 Å². The number of halogens is 1. The number of phenols is 1. The van der Waals surface area contributed by atoms with Gasteiger partial charge in [-0.25, -0.2) is 9.10 Å². The number of phenolic OH excluding ortho intramolecular Hbond substituents is 1. The van der Waals surface area contributed by atoms with Gasteiger partial charge in [-0.2, -0.15) is 0 Å². The highest BCUT2D eigenvalue weighted by molar-refractivity contribution is 7.82. The third-order valence-electron chi connectivity index (χ3n) is 2.38. The Labute approximate surface area is 121 Å². The van der Waals surface area contributed by atoms with E-state index >= 15 is 0 Å². The summed E-state index contributed by atoms with van der Waals surface area (Å²) in [5.74, 6) is -0.0809. The molecule has 2 rings (SSSR count). The number of amides is 2. The molecule has 4 nitrogen and oxygen atoms in total. The van der Waals surface area contributed by atoms with Crippen LogP contribution >= 0.6 is 24.4 Å². The van der Waals surface area contributed by atoms with Crippen LogP contribution in [0.15, 0.2) is 48.5 Å². The van der Waals surface area contributed by atoms with Crippen LogP contribution in [0.2, 0.25) is 5.02 Å². The highest BCUT2D eigenvalue weighted by Crippen LogP contribution is 2.31. The van der Waals surface area contributed by atoms with E-state index in [2.05, 4.69) is 18.1 Å². The molecule has 2 aromatic rings. The molecule has 0 saturated heterocycles. The molecule has 0 saturated carbocycles. The second-order valence-electron chi connectivity index (χ2n) is 3.74. The largest absolute Gasteiger partial charge is 0.506 e. The molecule has 0 heterocycles. The summed E-state index contributed by atoms with van der Waals surface area (Å²) in [4.78, 5) is 12.0. The summed E-state index contributed by atoms with van der Waals surface area (Å²) < 4.78 is 0.994. The molecule has 19 heavy (non-hydrogen) atoms. The van der Waals surface area contributed by atoms with Crippen molar-refractivity contribution in [3.63, 3.8) is 0 Å². The number of nitrogens with one attached hydrogen (secondary N) is 1. The molecular formula is C13H11ClN2O2S. The van der Waals surface area contributed by atoms with Gasteiger partial charge in [-0.05, 0) is 30.3 Å². The lowest BCUT2D eigenvalue weighted by molar-refractivity contribution is 0.260. The Kier molecular flexibility index (Phi) is 4.19. The van der Waals surface area contributed by atoms with Crippen LogP contribution in [0.4, 0.5) is 16.2 Å². The summed E-state index contributed by atoms with van der Waals surface area (Å²) in [5, 5.41) is 12.7. The molecule has 98 valence electrons. The second-order valence-corrected chi connectivity index (χ2v) is 4.58. The maximum Gasteiger partial charge on any atom is 0.336 e. The van der Waals surface area contributed by atoms with E-state index in [9.17, 15) is 9.90 Å². The number of anilines is 2. The molecule has 0 unspecified atom stereocenters. The Bertz CT molecular complexity index is 592. The number of para-hydroxylation sites is 1. The van der Waals surface area contributed by atoms with E-state index in [-0.39, 0.29) is 11.4 Å². The van der Waals surface area contributed by atoms with Gasteiger partial charge in [0.15, 0.2) is 0 Å². The molecule has 6 heteroatoms. The SMILES string of the molecule is O=C(Nc1ccccc1)N(S)c1cc(Cl)ccc1O. The first-order valence-electron chi connectivity index (χ1n) is 5.41. The molecule has 0 aliphatic heterocycles. The third kappa shape index (κ3) is 3.33. The fourth-order valence-electron chi connectivity index (χ4n) is 1.47. The van der Waals surface area contributed by atoms with Crippen molar-refractivity contribution in [1.29, 1.82) is 0 Å². The maximum absolute atomic E-state index is 12.0. The van der Waals surface area contributed by atoms with Crippen molar-refractivity contribution in [3.8, 4) is 5.75 Å². The van der Waals surface area contributed by atoms with E-state index in [1.165, 1.54) is 18.2 Å². The van der Waals surface area contributed by atoms with Crippen molar-refractivity contribution in [2.75, 3.05) is 9.62 Å². The minimum atomic E-state index is -0.493. The van der Waals surface area contributed by atoms with Crippen molar-refractivity contribution in [2.45, 2.75) is 0 Å². The Hall–Kier alpha value is -1.85. The predicted octanol–water partition coefficient (Wildman–Crippen LogP) is 3.93. The van der Waals surface area contributed by atoms with Gasteiger partial charge in [-0.15, -0.1) is 0 Å². The zero-order valence-electron chi connectivity index (χ0n) is 9.75. The number of urea groups is 1. The lowest BCUT2D eigenvalue weighted by atomic mass is 10.3. The number of hydrogen-bond donors (Lipinski definition) is 3. The number of nitrogens with zero attached hydrogens (tertiary/aromatic N) is 1. The van der Waals surface area contributed by atoms with Crippen LogP contribution in [0.5, 0.6) is 5.75 Å². The summed E-state index contributed by atoms with van der Waals surface area (Å²) >= 11 is 9.89. The standard InChI is InChI=1S/C13H11ClN2O2S/c14-9-6-7-12(17)11(8-9)16(19)13(18)15-10-4-2-1-3-5-10/h1-8,17,19H,(H,15,18). The molecule has 0 fully saturated rings. The van der Waals surface area contributed by atoms with E-state index in [4.69, 9.17) is 11.6 Å². The van der Waals surface area contributed by atoms with Gasteiger partial charge in [0.2, 0.25) is 0 Å². The van der Waals surface area contributed by atoms with E-state index in [0.29, 0.717) is 10.7 Å². The summed E-state index contributed by atoms with van der Waals surface area (Å²) in [5.41, 5.74) is 0.845. The van der Waals surface area contributed by atoms with Gasteiger partial charge in [0.25, 0.3) is 0 Å². The first-order chi connectivity index (χ1) is 9.08. The van der Waals surface area contributed by atoms with E-state index in [0.717, 1.165) is 4.31 Å². The Balaban J connectivity index is 2.17. The van der Waals surface area contributed by atoms with E-state index in [1.807, 2.05) is 6.07 Å². The van der Waals surface area contributed by atoms with Crippen LogP contribution in [0.25, 0.3) is 0 Å². The molecule has 0 aliphatic rings. The molecule has 0 aliphatic carbocycles. The number of aromatic hydroxyl groups is 1. The van der Waals surface area contributed by atoms with Crippen molar-refractivity contribution < 1.29 is 9.90 Å². The van der Waals surface area contributed by atoms with Crippen molar-refractivity contribution in [1.82, 2.24) is 0 Å². The Morgan fingerprint density at radius 2 is 1.89 bits per heavy atom.